The molecular formula is C32H34N8O. The summed E-state index contributed by atoms with van der Waals surface area (Å²) >= 11 is 0. The summed E-state index contributed by atoms with van der Waals surface area (Å²) in [4.78, 5) is 21.2. The second-order valence-corrected chi connectivity index (χ2v) is 11.3. The predicted molar refractivity (Wildman–Crippen MR) is 162 cm³/mol. The van der Waals surface area contributed by atoms with Crippen LogP contribution in [-0.4, -0.2) is 66.0 Å². The molecule has 3 aromatic rings. The fourth-order valence-electron chi connectivity index (χ4n) is 6.06. The molecular weight excluding hydrogens is 512 g/mol. The molecule has 3 aliphatic rings. The van der Waals surface area contributed by atoms with Crippen LogP contribution in [0.5, 0.6) is 0 Å². The fourth-order valence-corrected chi connectivity index (χ4v) is 6.06. The van der Waals surface area contributed by atoms with Gasteiger partial charge in [-0.15, -0.1) is 10.2 Å². The van der Waals surface area contributed by atoms with E-state index in [1.54, 1.807) is 19.0 Å². The van der Waals surface area contributed by atoms with Crippen LogP contribution >= 0.6 is 0 Å². The number of piperidine rings is 1. The molecule has 1 amide bonds. The van der Waals surface area contributed by atoms with Gasteiger partial charge in [-0.2, -0.15) is 0 Å². The number of benzene rings is 2. The number of hydrogen-bond donors (Lipinski definition) is 2. The molecule has 0 spiro atoms. The fraction of sp³-hybridized carbons (Fsp3) is 0.312. The molecule has 1 saturated heterocycles. The van der Waals surface area contributed by atoms with Crippen molar-refractivity contribution >= 4 is 29.2 Å². The number of amidine groups is 1. The van der Waals surface area contributed by atoms with Gasteiger partial charge in [0.2, 0.25) is 0 Å². The molecule has 6 rings (SSSR count). The van der Waals surface area contributed by atoms with E-state index in [0.717, 1.165) is 60.4 Å². The maximum atomic E-state index is 12.2. The zero-order valence-electron chi connectivity index (χ0n) is 23.6. The minimum absolute atomic E-state index is 0.0184. The summed E-state index contributed by atoms with van der Waals surface area (Å²) in [6, 6.07) is 16.0. The Hall–Kier alpha value is -4.50. The third-order valence-corrected chi connectivity index (χ3v) is 8.48. The van der Waals surface area contributed by atoms with E-state index in [0.29, 0.717) is 22.9 Å². The zero-order valence-corrected chi connectivity index (χ0v) is 23.6. The molecule has 9 heteroatoms. The van der Waals surface area contributed by atoms with Gasteiger partial charge in [-0.3, -0.25) is 20.1 Å². The Morgan fingerprint density at radius 3 is 2.51 bits per heavy atom. The van der Waals surface area contributed by atoms with Gasteiger partial charge < -0.3 is 10.6 Å². The second kappa shape index (κ2) is 10.8. The Labute approximate surface area is 240 Å². The summed E-state index contributed by atoms with van der Waals surface area (Å²) in [5.74, 6) is 0.811. The maximum absolute atomic E-state index is 12.2. The number of anilines is 1. The number of pyridine rings is 1. The Balaban J connectivity index is 1.16. The van der Waals surface area contributed by atoms with Crippen LogP contribution in [-0.2, 0) is 0 Å². The molecule has 41 heavy (non-hydrogen) atoms. The van der Waals surface area contributed by atoms with E-state index >= 15 is 0 Å². The van der Waals surface area contributed by atoms with Crippen LogP contribution in [0.15, 0.2) is 75.7 Å². The number of nitrogens with two attached hydrogens (primary N) is 1. The Morgan fingerprint density at radius 2 is 1.83 bits per heavy atom. The number of nitrogens with zero attached hydrogens (tertiary/aromatic N) is 6. The van der Waals surface area contributed by atoms with Gasteiger partial charge in [-0.1, -0.05) is 31.2 Å². The van der Waals surface area contributed by atoms with E-state index < -0.39 is 0 Å². The topological polar surface area (TPSA) is 123 Å². The number of aromatic nitrogens is 1. The van der Waals surface area contributed by atoms with Gasteiger partial charge in [-0.05, 0) is 89.7 Å². The molecule has 208 valence electrons. The second-order valence-electron chi connectivity index (χ2n) is 11.3. The van der Waals surface area contributed by atoms with Crippen molar-refractivity contribution in [2.24, 2.45) is 15.4 Å². The highest BCUT2D eigenvalue weighted by Gasteiger charge is 2.29. The number of carbonyl (C=O) groups excluding carboxylic acids is 1. The SMILES string of the molecule is CC1C(CN2CCC(c3ccc(C(=O)N(C)C)cc3)CC2)=Cc2c(-c3ccc(N)c(C4=NN=NC4=N)c3)ccnc21. The van der Waals surface area contributed by atoms with Gasteiger partial charge >= 0.3 is 0 Å². The molecule has 3 N–H and O–H groups in total. The van der Waals surface area contributed by atoms with Crippen LogP contribution in [0.2, 0.25) is 0 Å². The van der Waals surface area contributed by atoms with Gasteiger partial charge in [-0.25, -0.2) is 0 Å². The molecule has 1 unspecified atom stereocenters. The van der Waals surface area contributed by atoms with Crippen molar-refractivity contribution in [2.75, 3.05) is 39.5 Å². The maximum Gasteiger partial charge on any atom is 0.253 e. The average Bonchev–Trinajstić information content (AvgIpc) is 3.55. The minimum Gasteiger partial charge on any atom is -0.398 e. The molecule has 3 heterocycles. The lowest BCUT2D eigenvalue weighted by Gasteiger charge is -2.33. The first-order valence-corrected chi connectivity index (χ1v) is 14.0. The summed E-state index contributed by atoms with van der Waals surface area (Å²) in [6.07, 6.45) is 6.39. The number of nitrogens with one attached hydrogen (secondary N) is 1. The Morgan fingerprint density at radius 1 is 1.07 bits per heavy atom. The van der Waals surface area contributed by atoms with Crippen molar-refractivity contribution in [2.45, 2.75) is 31.6 Å². The highest BCUT2D eigenvalue weighted by Crippen LogP contribution is 2.41. The monoisotopic (exact) mass is 546 g/mol. The summed E-state index contributed by atoms with van der Waals surface area (Å²) in [6.45, 7) is 5.23. The van der Waals surface area contributed by atoms with Crippen LogP contribution < -0.4 is 5.73 Å². The van der Waals surface area contributed by atoms with Crippen molar-refractivity contribution in [3.05, 3.63) is 88.2 Å². The van der Waals surface area contributed by atoms with Crippen molar-refractivity contribution in [1.29, 1.82) is 5.41 Å². The quantitative estimate of drug-likeness (QED) is 0.393. The first-order valence-electron chi connectivity index (χ1n) is 14.0. The Kier molecular flexibility index (Phi) is 7.05. The normalized spacial score (nSPS) is 18.8. The van der Waals surface area contributed by atoms with E-state index in [4.69, 9.17) is 16.1 Å². The third kappa shape index (κ3) is 5.09. The smallest absolute Gasteiger partial charge is 0.253 e. The molecule has 0 radical (unpaired) electrons. The number of carbonyl (C=O) groups is 1. The van der Waals surface area contributed by atoms with E-state index in [2.05, 4.69) is 45.5 Å². The first kappa shape index (κ1) is 26.7. The number of nitrogen functional groups attached to an aromatic ring is 1. The summed E-state index contributed by atoms with van der Waals surface area (Å²) in [5, 5.41) is 19.4. The molecule has 0 bridgehead atoms. The minimum atomic E-state index is 0.0184. The van der Waals surface area contributed by atoms with Gasteiger partial charge in [0.15, 0.2) is 5.84 Å². The van der Waals surface area contributed by atoms with Crippen LogP contribution in [0.4, 0.5) is 5.69 Å². The third-order valence-electron chi connectivity index (χ3n) is 8.48. The van der Waals surface area contributed by atoms with Crippen LogP contribution in [0, 0.1) is 5.41 Å². The molecule has 2 aliphatic heterocycles. The predicted octanol–water partition coefficient (Wildman–Crippen LogP) is 5.56. The number of amides is 1. The lowest BCUT2D eigenvalue weighted by atomic mass is 9.88. The van der Waals surface area contributed by atoms with Crippen LogP contribution in [0.3, 0.4) is 0 Å². The Bertz CT molecular complexity index is 1610. The number of likely N-dealkylation sites (tertiary alicyclic amines) is 1. The van der Waals surface area contributed by atoms with Gasteiger partial charge in [0.1, 0.15) is 5.71 Å². The van der Waals surface area contributed by atoms with Crippen molar-refractivity contribution < 1.29 is 4.79 Å². The molecule has 0 saturated carbocycles. The van der Waals surface area contributed by atoms with E-state index in [-0.39, 0.29) is 17.7 Å². The van der Waals surface area contributed by atoms with Crippen molar-refractivity contribution in [3.8, 4) is 11.1 Å². The highest BCUT2D eigenvalue weighted by atomic mass is 16.2. The lowest BCUT2D eigenvalue weighted by molar-refractivity contribution is 0.0827. The van der Waals surface area contributed by atoms with E-state index in [9.17, 15) is 4.79 Å². The number of hydrogen-bond acceptors (Lipinski definition) is 7. The number of rotatable bonds is 6. The van der Waals surface area contributed by atoms with Crippen molar-refractivity contribution in [1.82, 2.24) is 14.8 Å². The number of fused-ring (bicyclic) bond motifs is 1. The zero-order chi connectivity index (χ0) is 28.7. The first-order chi connectivity index (χ1) is 19.8. The molecule has 2 aromatic carbocycles. The van der Waals surface area contributed by atoms with Gasteiger partial charge in [0, 0.05) is 55.1 Å². The van der Waals surface area contributed by atoms with E-state index in [1.807, 2.05) is 42.6 Å². The average molecular weight is 547 g/mol. The van der Waals surface area contributed by atoms with Crippen LogP contribution in [0.25, 0.3) is 17.2 Å². The summed E-state index contributed by atoms with van der Waals surface area (Å²) in [5.41, 5.74) is 15.6. The molecule has 1 aliphatic carbocycles. The summed E-state index contributed by atoms with van der Waals surface area (Å²) < 4.78 is 0. The summed E-state index contributed by atoms with van der Waals surface area (Å²) in [7, 11) is 3.56. The molecule has 1 fully saturated rings. The molecule has 1 aromatic heterocycles. The lowest BCUT2D eigenvalue weighted by Crippen LogP contribution is -2.34. The van der Waals surface area contributed by atoms with Gasteiger partial charge in [0.25, 0.3) is 5.91 Å². The molecule has 1 atom stereocenters. The van der Waals surface area contributed by atoms with Gasteiger partial charge in [0.05, 0.1) is 5.69 Å². The standard InChI is InChI=1S/C32H34N8O/c1-19-24(18-40-14-11-21(12-15-40)20-4-6-22(7-5-20)32(41)39(2)3)17-26-25(10-13-35-29(19)26)23-8-9-28(33)27(16-23)30-31(34)37-38-36-30/h4-10,13,16-17,19,21,34H,11-12,14-15,18,33H2,1-3H3. The van der Waals surface area contributed by atoms with Crippen molar-refractivity contribution in [3.63, 3.8) is 0 Å². The largest absolute Gasteiger partial charge is 0.398 e. The molecule has 9 nitrogen and oxygen atoms in total. The highest BCUT2D eigenvalue weighted by molar-refractivity contribution is 6.48. The van der Waals surface area contributed by atoms with E-state index in [1.165, 1.54) is 11.1 Å². The van der Waals surface area contributed by atoms with Crippen LogP contribution in [0.1, 0.15) is 64.3 Å².